The van der Waals surface area contributed by atoms with Crippen molar-refractivity contribution in [2.75, 3.05) is 7.11 Å². The Balaban J connectivity index is 2.54. The van der Waals surface area contributed by atoms with E-state index in [0.717, 1.165) is 0 Å². The van der Waals surface area contributed by atoms with Crippen LogP contribution < -0.4 is 0 Å². The minimum absolute atomic E-state index is 0.122. The van der Waals surface area contributed by atoms with E-state index in [9.17, 15) is 4.79 Å². The van der Waals surface area contributed by atoms with E-state index in [-0.39, 0.29) is 17.1 Å². The number of oxazole rings is 1. The molecule has 2 heterocycles. The third-order valence-electron chi connectivity index (χ3n) is 2.44. The summed E-state index contributed by atoms with van der Waals surface area (Å²) in [5.41, 5.74) is 0.235. The molecule has 0 fully saturated rings. The number of aromatic nitrogens is 1. The van der Waals surface area contributed by atoms with Crippen molar-refractivity contribution in [2.45, 2.75) is 26.2 Å². The summed E-state index contributed by atoms with van der Waals surface area (Å²) in [5, 5.41) is 0. The topological polar surface area (TPSA) is 65.5 Å². The van der Waals surface area contributed by atoms with Crippen LogP contribution in [0.25, 0.3) is 11.7 Å². The van der Waals surface area contributed by atoms with Gasteiger partial charge in [0.25, 0.3) is 5.89 Å². The molecule has 0 radical (unpaired) electrons. The summed E-state index contributed by atoms with van der Waals surface area (Å²) in [7, 11) is 1.31. The molecule has 0 amide bonds. The quantitative estimate of drug-likeness (QED) is 0.765. The highest BCUT2D eigenvalue weighted by Crippen LogP contribution is 2.30. The molecule has 0 atom stereocenters. The van der Waals surface area contributed by atoms with E-state index in [0.29, 0.717) is 11.5 Å². The number of rotatable bonds is 2. The summed E-state index contributed by atoms with van der Waals surface area (Å²) >= 11 is 0. The van der Waals surface area contributed by atoms with Crippen LogP contribution in [0.5, 0.6) is 0 Å². The van der Waals surface area contributed by atoms with Crippen molar-refractivity contribution < 1.29 is 18.4 Å². The third-order valence-corrected chi connectivity index (χ3v) is 2.44. The highest BCUT2D eigenvalue weighted by molar-refractivity contribution is 5.88. The summed E-state index contributed by atoms with van der Waals surface area (Å²) in [5.74, 6) is 0.350. The number of methoxy groups -OCH3 is 1. The van der Waals surface area contributed by atoms with Gasteiger partial charge in [-0.1, -0.05) is 20.8 Å². The van der Waals surface area contributed by atoms with Crippen LogP contribution in [-0.2, 0) is 10.2 Å². The van der Waals surface area contributed by atoms with Crippen molar-refractivity contribution >= 4 is 5.97 Å². The third kappa shape index (κ3) is 2.16. The zero-order valence-electron chi connectivity index (χ0n) is 10.8. The lowest BCUT2D eigenvalue weighted by atomic mass is 9.91. The molecule has 0 unspecified atom stereocenters. The molecule has 0 aromatic carbocycles. The molecular weight excluding hydrogens is 234 g/mol. The molecule has 0 spiro atoms. The van der Waals surface area contributed by atoms with E-state index in [2.05, 4.69) is 4.98 Å². The minimum atomic E-state index is -0.537. The summed E-state index contributed by atoms with van der Waals surface area (Å²) in [6.45, 7) is 5.84. The van der Waals surface area contributed by atoms with Gasteiger partial charge in [0.1, 0.15) is 5.69 Å². The molecule has 0 aliphatic carbocycles. The van der Waals surface area contributed by atoms with E-state index < -0.39 is 5.97 Å². The van der Waals surface area contributed by atoms with E-state index in [1.165, 1.54) is 13.4 Å². The minimum Gasteiger partial charge on any atom is -0.463 e. The van der Waals surface area contributed by atoms with E-state index >= 15 is 0 Å². The maximum absolute atomic E-state index is 11.7. The molecule has 2 aromatic rings. The number of hydrogen-bond donors (Lipinski definition) is 0. The molecule has 96 valence electrons. The Kier molecular flexibility index (Phi) is 2.98. The first-order valence-electron chi connectivity index (χ1n) is 5.57. The van der Waals surface area contributed by atoms with Crippen molar-refractivity contribution in [3.8, 4) is 11.7 Å². The number of carbonyl (C=O) groups excluding carboxylic acids is 1. The van der Waals surface area contributed by atoms with Crippen LogP contribution in [0.2, 0.25) is 0 Å². The van der Waals surface area contributed by atoms with Crippen molar-refractivity contribution in [1.29, 1.82) is 0 Å². The predicted molar refractivity (Wildman–Crippen MR) is 64.2 cm³/mol. The van der Waals surface area contributed by atoms with Crippen LogP contribution >= 0.6 is 0 Å². The summed E-state index contributed by atoms with van der Waals surface area (Å²) in [6, 6.07) is 3.45. The van der Waals surface area contributed by atoms with Gasteiger partial charge < -0.3 is 13.6 Å². The van der Waals surface area contributed by atoms with Gasteiger partial charge in [-0.25, -0.2) is 9.78 Å². The molecule has 0 bridgehead atoms. The zero-order valence-corrected chi connectivity index (χ0v) is 10.8. The van der Waals surface area contributed by atoms with Crippen LogP contribution in [0.15, 0.2) is 27.2 Å². The fourth-order valence-corrected chi connectivity index (χ4v) is 1.57. The molecule has 0 saturated heterocycles. The maximum atomic E-state index is 11.7. The van der Waals surface area contributed by atoms with Crippen molar-refractivity contribution in [3.05, 3.63) is 29.9 Å². The lowest BCUT2D eigenvalue weighted by Crippen LogP contribution is -2.17. The molecule has 2 aromatic heterocycles. The Hall–Kier alpha value is -2.04. The van der Waals surface area contributed by atoms with Gasteiger partial charge in [0.15, 0.2) is 5.76 Å². The SMILES string of the molecule is COC(=O)c1oc(-c2ccco2)nc1C(C)(C)C. The van der Waals surface area contributed by atoms with Crippen LogP contribution in [0.1, 0.15) is 37.0 Å². The Labute approximate surface area is 105 Å². The number of esters is 1. The molecule has 5 heteroatoms. The molecule has 5 nitrogen and oxygen atoms in total. The van der Waals surface area contributed by atoms with Gasteiger partial charge in [-0.05, 0) is 12.1 Å². The highest BCUT2D eigenvalue weighted by atomic mass is 16.5. The number of carbonyl (C=O) groups is 1. The molecule has 2 rings (SSSR count). The summed E-state index contributed by atoms with van der Waals surface area (Å²) in [4.78, 5) is 16.0. The number of hydrogen-bond acceptors (Lipinski definition) is 5. The standard InChI is InChI=1S/C13H15NO4/c1-13(2,3)10-9(12(15)16-4)18-11(14-10)8-6-5-7-17-8/h5-7H,1-4H3. The Morgan fingerprint density at radius 2 is 2.11 bits per heavy atom. The van der Waals surface area contributed by atoms with Gasteiger partial charge in [0, 0.05) is 5.41 Å². The average Bonchev–Trinajstić information content (AvgIpc) is 2.94. The van der Waals surface area contributed by atoms with Gasteiger partial charge in [-0.3, -0.25) is 0 Å². The zero-order chi connectivity index (χ0) is 13.3. The van der Waals surface area contributed by atoms with Crippen LogP contribution in [0.3, 0.4) is 0 Å². The summed E-state index contributed by atoms with van der Waals surface area (Å²) in [6.07, 6.45) is 1.52. The van der Waals surface area contributed by atoms with Crippen molar-refractivity contribution in [3.63, 3.8) is 0 Å². The molecule has 0 saturated carbocycles. The average molecular weight is 249 g/mol. The smallest absolute Gasteiger partial charge is 0.376 e. The highest BCUT2D eigenvalue weighted by Gasteiger charge is 2.30. The molecule has 0 N–H and O–H groups in total. The van der Waals surface area contributed by atoms with Gasteiger partial charge in [-0.15, -0.1) is 0 Å². The first-order chi connectivity index (χ1) is 8.43. The van der Waals surface area contributed by atoms with E-state index in [4.69, 9.17) is 13.6 Å². The fraction of sp³-hybridized carbons (Fsp3) is 0.385. The van der Waals surface area contributed by atoms with E-state index in [1.807, 2.05) is 20.8 Å². The molecule has 0 aliphatic rings. The number of ether oxygens (including phenoxy) is 1. The Morgan fingerprint density at radius 3 is 2.61 bits per heavy atom. The lowest BCUT2D eigenvalue weighted by molar-refractivity contribution is 0.0562. The predicted octanol–water partition coefficient (Wildman–Crippen LogP) is 3.02. The van der Waals surface area contributed by atoms with Crippen molar-refractivity contribution in [1.82, 2.24) is 4.98 Å². The maximum Gasteiger partial charge on any atom is 0.376 e. The lowest BCUT2D eigenvalue weighted by Gasteiger charge is -2.15. The second-order valence-electron chi connectivity index (χ2n) is 4.92. The first-order valence-corrected chi connectivity index (χ1v) is 5.57. The molecule has 0 aliphatic heterocycles. The Morgan fingerprint density at radius 1 is 1.39 bits per heavy atom. The largest absolute Gasteiger partial charge is 0.463 e. The number of nitrogens with zero attached hydrogens (tertiary/aromatic N) is 1. The second-order valence-corrected chi connectivity index (χ2v) is 4.92. The van der Waals surface area contributed by atoms with Crippen LogP contribution in [-0.4, -0.2) is 18.1 Å². The van der Waals surface area contributed by atoms with Gasteiger partial charge >= 0.3 is 5.97 Å². The van der Waals surface area contributed by atoms with Gasteiger partial charge in [0.2, 0.25) is 5.76 Å². The van der Waals surface area contributed by atoms with Crippen LogP contribution in [0, 0.1) is 0 Å². The number of furan rings is 1. The normalized spacial score (nSPS) is 11.6. The fourth-order valence-electron chi connectivity index (χ4n) is 1.57. The molecule has 18 heavy (non-hydrogen) atoms. The van der Waals surface area contributed by atoms with Crippen LogP contribution in [0.4, 0.5) is 0 Å². The molecular formula is C13H15NO4. The van der Waals surface area contributed by atoms with Gasteiger partial charge in [0.05, 0.1) is 13.4 Å². The first kappa shape index (κ1) is 12.4. The Bertz CT molecular complexity index is 546. The van der Waals surface area contributed by atoms with E-state index in [1.54, 1.807) is 12.1 Å². The monoisotopic (exact) mass is 249 g/mol. The van der Waals surface area contributed by atoms with Gasteiger partial charge in [-0.2, -0.15) is 0 Å². The van der Waals surface area contributed by atoms with Crippen molar-refractivity contribution in [2.24, 2.45) is 0 Å². The second kappa shape index (κ2) is 4.33. The summed E-state index contributed by atoms with van der Waals surface area (Å²) < 4.78 is 15.4.